The van der Waals surface area contributed by atoms with Gasteiger partial charge in [0.2, 0.25) is 0 Å². The highest BCUT2D eigenvalue weighted by Gasteiger charge is 2.05. The maximum atomic E-state index is 5.98. The summed E-state index contributed by atoms with van der Waals surface area (Å²) in [6.45, 7) is 6.45. The van der Waals surface area contributed by atoms with Gasteiger partial charge in [0, 0.05) is 29.9 Å². The van der Waals surface area contributed by atoms with Crippen LogP contribution in [0.5, 0.6) is 0 Å². The van der Waals surface area contributed by atoms with Crippen molar-refractivity contribution in [1.82, 2.24) is 9.88 Å². The summed E-state index contributed by atoms with van der Waals surface area (Å²) >= 11 is 0. The molecule has 0 bridgehead atoms. The number of anilines is 2. The minimum Gasteiger partial charge on any atom is -0.398 e. The van der Waals surface area contributed by atoms with Crippen molar-refractivity contribution in [2.45, 2.75) is 26.3 Å². The Hall–Kier alpha value is -1.81. The molecule has 0 saturated heterocycles. The van der Waals surface area contributed by atoms with Crippen molar-refractivity contribution in [1.29, 1.82) is 0 Å². The molecule has 2 rings (SSSR count). The van der Waals surface area contributed by atoms with Gasteiger partial charge in [-0.3, -0.25) is 4.98 Å². The fraction of sp³-hybridized carbons (Fsp3) is 0.438. The second kappa shape index (κ2) is 6.57. The lowest BCUT2D eigenvalue weighted by molar-refractivity contribution is 0.273. The topological polar surface area (TPSA) is 54.2 Å². The predicted octanol–water partition coefficient (Wildman–Crippen LogP) is 2.96. The first-order valence-corrected chi connectivity index (χ1v) is 7.17. The molecule has 4 heteroatoms. The Morgan fingerprint density at radius 2 is 2.10 bits per heavy atom. The fourth-order valence-electron chi connectivity index (χ4n) is 2.15. The van der Waals surface area contributed by atoms with E-state index in [0.29, 0.717) is 6.04 Å². The summed E-state index contributed by atoms with van der Waals surface area (Å²) in [5.74, 6) is 0. The zero-order chi connectivity index (χ0) is 14.5. The summed E-state index contributed by atoms with van der Waals surface area (Å²) in [4.78, 5) is 6.78. The van der Waals surface area contributed by atoms with E-state index < -0.39 is 0 Å². The lowest BCUT2D eigenvalue weighted by Crippen LogP contribution is -2.28. The van der Waals surface area contributed by atoms with Crippen LogP contribution in [0.15, 0.2) is 30.5 Å². The van der Waals surface area contributed by atoms with E-state index in [0.717, 1.165) is 41.8 Å². The lowest BCUT2D eigenvalue weighted by atomic mass is 10.1. The van der Waals surface area contributed by atoms with Gasteiger partial charge in [0.15, 0.2) is 0 Å². The van der Waals surface area contributed by atoms with Gasteiger partial charge in [-0.25, -0.2) is 0 Å². The first-order chi connectivity index (χ1) is 9.59. The van der Waals surface area contributed by atoms with Crippen LogP contribution < -0.4 is 11.1 Å². The number of rotatable bonds is 6. The molecule has 108 valence electrons. The summed E-state index contributed by atoms with van der Waals surface area (Å²) in [5, 5.41) is 4.48. The van der Waals surface area contributed by atoms with Gasteiger partial charge in [-0.2, -0.15) is 0 Å². The molecular weight excluding hydrogens is 248 g/mol. The van der Waals surface area contributed by atoms with Gasteiger partial charge in [0.05, 0.1) is 11.2 Å². The zero-order valence-corrected chi connectivity index (χ0v) is 12.6. The van der Waals surface area contributed by atoms with Crippen LogP contribution >= 0.6 is 0 Å². The van der Waals surface area contributed by atoms with Crippen LogP contribution in [0, 0.1) is 0 Å². The Morgan fingerprint density at radius 3 is 2.85 bits per heavy atom. The first kappa shape index (κ1) is 14.6. The molecule has 3 N–H and O–H groups in total. The molecule has 0 amide bonds. The van der Waals surface area contributed by atoms with Crippen LogP contribution in [0.1, 0.15) is 20.3 Å². The smallest absolute Gasteiger partial charge is 0.0953 e. The van der Waals surface area contributed by atoms with E-state index in [4.69, 9.17) is 5.73 Å². The monoisotopic (exact) mass is 272 g/mol. The molecule has 0 aliphatic heterocycles. The van der Waals surface area contributed by atoms with Gasteiger partial charge in [-0.15, -0.1) is 0 Å². The Kier molecular flexibility index (Phi) is 4.79. The highest BCUT2D eigenvalue weighted by Crippen LogP contribution is 2.26. The number of nitrogens with one attached hydrogen (secondary N) is 1. The van der Waals surface area contributed by atoms with E-state index >= 15 is 0 Å². The van der Waals surface area contributed by atoms with Crippen LogP contribution in [-0.4, -0.2) is 36.1 Å². The van der Waals surface area contributed by atoms with E-state index in [1.54, 1.807) is 6.20 Å². The van der Waals surface area contributed by atoms with Crippen molar-refractivity contribution in [2.24, 2.45) is 0 Å². The number of benzene rings is 1. The zero-order valence-electron chi connectivity index (χ0n) is 12.6. The summed E-state index contributed by atoms with van der Waals surface area (Å²) in [5.41, 5.74) is 8.76. The van der Waals surface area contributed by atoms with Crippen LogP contribution in [0.3, 0.4) is 0 Å². The van der Waals surface area contributed by atoms with Crippen molar-refractivity contribution in [3.8, 4) is 0 Å². The molecule has 2 aromatic rings. The average molecular weight is 272 g/mol. The first-order valence-electron chi connectivity index (χ1n) is 7.17. The summed E-state index contributed by atoms with van der Waals surface area (Å²) in [6, 6.07) is 8.47. The quantitative estimate of drug-likeness (QED) is 0.627. The van der Waals surface area contributed by atoms with Crippen LogP contribution in [0.2, 0.25) is 0 Å². The normalized spacial score (nSPS) is 11.4. The molecule has 0 fully saturated rings. The van der Waals surface area contributed by atoms with E-state index in [-0.39, 0.29) is 0 Å². The molecule has 0 aliphatic rings. The largest absolute Gasteiger partial charge is 0.398 e. The maximum absolute atomic E-state index is 5.98. The number of pyridine rings is 1. The molecule has 1 aromatic heterocycles. The molecule has 1 heterocycles. The molecule has 0 atom stereocenters. The highest BCUT2D eigenvalue weighted by atomic mass is 15.1. The third kappa shape index (κ3) is 3.39. The summed E-state index contributed by atoms with van der Waals surface area (Å²) in [6.07, 6.45) is 2.91. The molecule has 1 aromatic carbocycles. The lowest BCUT2D eigenvalue weighted by Gasteiger charge is -2.21. The number of nitrogens with zero attached hydrogens (tertiary/aromatic N) is 2. The number of hydrogen-bond donors (Lipinski definition) is 2. The third-order valence-electron chi connectivity index (χ3n) is 3.69. The van der Waals surface area contributed by atoms with E-state index in [1.165, 1.54) is 0 Å². The fourth-order valence-corrected chi connectivity index (χ4v) is 2.15. The van der Waals surface area contributed by atoms with Gasteiger partial charge in [-0.05, 0) is 58.1 Å². The second-order valence-corrected chi connectivity index (χ2v) is 5.46. The Labute approximate surface area is 121 Å². The predicted molar refractivity (Wildman–Crippen MR) is 87.0 cm³/mol. The van der Waals surface area contributed by atoms with Crippen molar-refractivity contribution in [2.75, 3.05) is 31.2 Å². The van der Waals surface area contributed by atoms with Crippen LogP contribution in [0.4, 0.5) is 11.4 Å². The van der Waals surface area contributed by atoms with Gasteiger partial charge in [0.1, 0.15) is 0 Å². The molecule has 0 spiro atoms. The maximum Gasteiger partial charge on any atom is 0.0953 e. The van der Waals surface area contributed by atoms with Gasteiger partial charge >= 0.3 is 0 Å². The Balaban J connectivity index is 1.99. The SMILES string of the molecule is CC(C)N(C)CCCNc1ccc(N)c2cccnc12. The van der Waals surface area contributed by atoms with Crippen molar-refractivity contribution < 1.29 is 0 Å². The van der Waals surface area contributed by atoms with Crippen LogP contribution in [0.25, 0.3) is 10.9 Å². The second-order valence-electron chi connectivity index (χ2n) is 5.46. The third-order valence-corrected chi connectivity index (χ3v) is 3.69. The van der Waals surface area contributed by atoms with Crippen LogP contribution in [-0.2, 0) is 0 Å². The number of nitrogen functional groups attached to an aromatic ring is 1. The number of aromatic nitrogens is 1. The van der Waals surface area contributed by atoms with Crippen molar-refractivity contribution in [3.63, 3.8) is 0 Å². The number of hydrogen-bond acceptors (Lipinski definition) is 4. The van der Waals surface area contributed by atoms with E-state index in [1.807, 2.05) is 24.3 Å². The Morgan fingerprint density at radius 1 is 1.30 bits per heavy atom. The molecule has 0 unspecified atom stereocenters. The van der Waals surface area contributed by atoms with Gasteiger partial charge in [-0.1, -0.05) is 0 Å². The molecule has 0 aliphatic carbocycles. The number of fused-ring (bicyclic) bond motifs is 1. The highest BCUT2D eigenvalue weighted by molar-refractivity contribution is 5.98. The Bertz CT molecular complexity index is 565. The molecule has 4 nitrogen and oxygen atoms in total. The van der Waals surface area contributed by atoms with E-state index in [9.17, 15) is 0 Å². The van der Waals surface area contributed by atoms with Crippen molar-refractivity contribution >= 4 is 22.3 Å². The summed E-state index contributed by atoms with van der Waals surface area (Å²) < 4.78 is 0. The van der Waals surface area contributed by atoms with Gasteiger partial charge in [0.25, 0.3) is 0 Å². The molecular formula is C16H24N4. The molecule has 20 heavy (non-hydrogen) atoms. The standard InChI is InChI=1S/C16H24N4/c1-12(2)20(3)11-5-10-18-15-8-7-14(17)13-6-4-9-19-16(13)15/h4,6-9,12,18H,5,10-11,17H2,1-3H3. The van der Waals surface area contributed by atoms with Gasteiger partial charge < -0.3 is 16.0 Å². The van der Waals surface area contributed by atoms with Crippen molar-refractivity contribution in [3.05, 3.63) is 30.5 Å². The minimum atomic E-state index is 0.592. The summed E-state index contributed by atoms with van der Waals surface area (Å²) in [7, 11) is 2.16. The minimum absolute atomic E-state index is 0.592. The number of nitrogens with two attached hydrogens (primary N) is 1. The molecule has 0 saturated carbocycles. The molecule has 0 radical (unpaired) electrons. The van der Waals surface area contributed by atoms with E-state index in [2.05, 4.69) is 36.1 Å². The average Bonchev–Trinajstić information content (AvgIpc) is 2.45.